The van der Waals surface area contributed by atoms with Gasteiger partial charge >= 0.3 is 0 Å². The Morgan fingerprint density at radius 2 is 1.83 bits per heavy atom. The molecular weight excluding hydrogens is 421 g/mol. The molecule has 1 heterocycles. The number of hydrogen-bond donors (Lipinski definition) is 1. The minimum absolute atomic E-state index is 0.189. The van der Waals surface area contributed by atoms with Crippen LogP contribution in [0.2, 0.25) is 10.0 Å². The normalized spacial score (nSPS) is 17.9. The first kappa shape index (κ1) is 25.3. The molecule has 2 aliphatic rings. The van der Waals surface area contributed by atoms with Gasteiger partial charge in [0.25, 0.3) is 0 Å². The predicted octanol–water partition coefficient (Wildman–Crippen LogP) is 5.00. The summed E-state index contributed by atoms with van der Waals surface area (Å²) in [5.41, 5.74) is 1.06. The number of methoxy groups -OCH3 is 1. The summed E-state index contributed by atoms with van der Waals surface area (Å²) in [6.45, 7) is 8.23. The van der Waals surface area contributed by atoms with E-state index in [-0.39, 0.29) is 5.91 Å². The number of carbonyl (C=O) groups is 1. The zero-order valence-corrected chi connectivity index (χ0v) is 20.0. The van der Waals surface area contributed by atoms with Crippen LogP contribution in [0.25, 0.3) is 0 Å². The maximum atomic E-state index is 11.4. The lowest BCUT2D eigenvalue weighted by Crippen LogP contribution is -2.46. The second kappa shape index (κ2) is 14.1. The molecule has 1 aromatic carbocycles. The van der Waals surface area contributed by atoms with E-state index < -0.39 is 0 Å². The van der Waals surface area contributed by atoms with Crippen LogP contribution in [0.1, 0.15) is 51.9 Å². The van der Waals surface area contributed by atoms with E-state index in [0.29, 0.717) is 29.1 Å². The summed E-state index contributed by atoms with van der Waals surface area (Å²) >= 11 is 12.2. The molecule has 0 aromatic heterocycles. The van der Waals surface area contributed by atoms with Gasteiger partial charge in [0.05, 0.1) is 15.7 Å². The fraction of sp³-hybridized carbons (Fsp3) is 0.696. The zero-order chi connectivity index (χ0) is 21.8. The largest absolute Gasteiger partial charge is 0.385 e. The van der Waals surface area contributed by atoms with Crippen molar-refractivity contribution in [2.45, 2.75) is 57.9 Å². The summed E-state index contributed by atoms with van der Waals surface area (Å²) in [6, 6.07) is 6.26. The van der Waals surface area contributed by atoms with Crippen LogP contribution in [0.3, 0.4) is 0 Å². The van der Waals surface area contributed by atoms with E-state index in [1.54, 1.807) is 7.11 Å². The minimum Gasteiger partial charge on any atom is -0.385 e. The summed E-state index contributed by atoms with van der Waals surface area (Å²) in [7, 11) is 1.67. The third-order valence-electron chi connectivity index (χ3n) is 5.81. The summed E-state index contributed by atoms with van der Waals surface area (Å²) in [6.07, 6.45) is 7.62. The summed E-state index contributed by atoms with van der Waals surface area (Å²) in [5.74, 6) is 0.189. The third-order valence-corrected chi connectivity index (χ3v) is 6.62. The first-order chi connectivity index (χ1) is 14.5. The minimum atomic E-state index is 0.189. The molecule has 0 spiro atoms. The number of benzene rings is 1. The Kier molecular flexibility index (Phi) is 11.9. The molecule has 1 aliphatic heterocycles. The van der Waals surface area contributed by atoms with Gasteiger partial charge < -0.3 is 19.9 Å². The van der Waals surface area contributed by atoms with Gasteiger partial charge in [-0.3, -0.25) is 4.79 Å². The quantitative estimate of drug-likeness (QED) is 0.585. The van der Waals surface area contributed by atoms with Gasteiger partial charge in [0.2, 0.25) is 5.91 Å². The van der Waals surface area contributed by atoms with E-state index in [9.17, 15) is 4.79 Å². The second-order valence-electron chi connectivity index (χ2n) is 7.99. The van der Waals surface area contributed by atoms with E-state index in [2.05, 4.69) is 22.0 Å². The van der Waals surface area contributed by atoms with Crippen molar-refractivity contribution in [1.29, 1.82) is 0 Å². The zero-order valence-electron chi connectivity index (χ0n) is 18.5. The van der Waals surface area contributed by atoms with Crippen LogP contribution in [0.5, 0.6) is 0 Å². The Morgan fingerprint density at radius 3 is 2.47 bits per heavy atom. The van der Waals surface area contributed by atoms with E-state index >= 15 is 0 Å². The van der Waals surface area contributed by atoms with Gasteiger partial charge in [-0.2, -0.15) is 0 Å². The average Bonchev–Trinajstić information content (AvgIpc) is 2.77. The molecule has 30 heavy (non-hydrogen) atoms. The highest BCUT2D eigenvalue weighted by Gasteiger charge is 2.18. The van der Waals surface area contributed by atoms with Crippen molar-refractivity contribution in [3.63, 3.8) is 0 Å². The Morgan fingerprint density at radius 1 is 1.13 bits per heavy atom. The maximum absolute atomic E-state index is 11.4. The molecule has 1 amide bonds. The molecule has 2 fully saturated rings. The van der Waals surface area contributed by atoms with Gasteiger partial charge in [-0.05, 0) is 37.9 Å². The monoisotopic (exact) mass is 457 g/mol. The number of ether oxygens (including phenoxy) is 1. The molecule has 1 N–H and O–H groups in total. The van der Waals surface area contributed by atoms with Gasteiger partial charge in [0, 0.05) is 52.4 Å². The third kappa shape index (κ3) is 8.62. The highest BCUT2D eigenvalue weighted by molar-refractivity contribution is 6.43. The van der Waals surface area contributed by atoms with Crippen LogP contribution >= 0.6 is 23.2 Å². The molecule has 7 heteroatoms. The lowest BCUT2D eigenvalue weighted by atomic mass is 9.95. The number of piperazine rings is 1. The Balaban J connectivity index is 0.000000216. The fourth-order valence-corrected chi connectivity index (χ4v) is 4.38. The molecule has 1 aromatic rings. The number of nitrogens with zero attached hydrogens (tertiary/aromatic N) is 2. The lowest BCUT2D eigenvalue weighted by Gasteiger charge is -2.36. The smallest absolute Gasteiger partial charge is 0.220 e. The maximum Gasteiger partial charge on any atom is 0.220 e. The molecule has 0 unspecified atom stereocenters. The number of amides is 1. The van der Waals surface area contributed by atoms with E-state index in [0.717, 1.165) is 57.7 Å². The van der Waals surface area contributed by atoms with Crippen LogP contribution in [0.15, 0.2) is 18.2 Å². The van der Waals surface area contributed by atoms with Crippen molar-refractivity contribution in [2.75, 3.05) is 51.3 Å². The Labute approximate surface area is 192 Å². The van der Waals surface area contributed by atoms with Crippen molar-refractivity contribution in [1.82, 2.24) is 10.2 Å². The predicted molar refractivity (Wildman–Crippen MR) is 127 cm³/mol. The lowest BCUT2D eigenvalue weighted by molar-refractivity contribution is -0.122. The van der Waals surface area contributed by atoms with Crippen LogP contribution < -0.4 is 10.2 Å². The van der Waals surface area contributed by atoms with Crippen molar-refractivity contribution in [3.05, 3.63) is 28.2 Å². The van der Waals surface area contributed by atoms with Gasteiger partial charge in [-0.25, -0.2) is 0 Å². The molecular formula is C23H37Cl2N3O2. The highest BCUT2D eigenvalue weighted by Crippen LogP contribution is 2.32. The van der Waals surface area contributed by atoms with Crippen LogP contribution in [0, 0.1) is 0 Å². The first-order valence-electron chi connectivity index (χ1n) is 11.2. The van der Waals surface area contributed by atoms with Crippen LogP contribution in [-0.4, -0.2) is 63.3 Å². The van der Waals surface area contributed by atoms with E-state index in [4.69, 9.17) is 27.9 Å². The number of nitrogens with one attached hydrogen (secondary N) is 1. The Hall–Kier alpha value is -1.01. The SMILES string of the molecule is CCN1CCN(c2cccc(Cl)c2Cl)CC1.COCCCC(=O)NC1CCCCC1. The Bertz CT molecular complexity index is 631. The van der Waals surface area contributed by atoms with Crippen molar-refractivity contribution in [2.24, 2.45) is 0 Å². The number of rotatable bonds is 7. The molecule has 0 radical (unpaired) electrons. The molecule has 3 rings (SSSR count). The van der Waals surface area contributed by atoms with E-state index in [1.807, 2.05) is 18.2 Å². The van der Waals surface area contributed by atoms with Gasteiger partial charge in [0.1, 0.15) is 0 Å². The van der Waals surface area contributed by atoms with E-state index in [1.165, 1.54) is 19.3 Å². The van der Waals surface area contributed by atoms with Crippen LogP contribution in [-0.2, 0) is 9.53 Å². The average molecular weight is 458 g/mol. The summed E-state index contributed by atoms with van der Waals surface area (Å²) in [5, 5.41) is 4.39. The number of hydrogen-bond acceptors (Lipinski definition) is 4. The van der Waals surface area contributed by atoms with Crippen molar-refractivity contribution in [3.8, 4) is 0 Å². The van der Waals surface area contributed by atoms with Gasteiger partial charge in [-0.1, -0.05) is 55.5 Å². The molecule has 1 saturated heterocycles. The van der Waals surface area contributed by atoms with Gasteiger partial charge in [-0.15, -0.1) is 0 Å². The highest BCUT2D eigenvalue weighted by atomic mass is 35.5. The van der Waals surface area contributed by atoms with Crippen molar-refractivity contribution < 1.29 is 9.53 Å². The fourth-order valence-electron chi connectivity index (χ4n) is 3.97. The molecule has 1 saturated carbocycles. The number of likely N-dealkylation sites (N-methyl/N-ethyl adjacent to an activating group) is 1. The van der Waals surface area contributed by atoms with Crippen LogP contribution in [0.4, 0.5) is 5.69 Å². The summed E-state index contributed by atoms with van der Waals surface area (Å²) < 4.78 is 4.90. The molecule has 0 atom stereocenters. The second-order valence-corrected chi connectivity index (χ2v) is 8.78. The van der Waals surface area contributed by atoms with Crippen molar-refractivity contribution >= 4 is 34.8 Å². The first-order valence-corrected chi connectivity index (χ1v) is 12.0. The molecule has 170 valence electrons. The number of anilines is 1. The topological polar surface area (TPSA) is 44.8 Å². The van der Waals surface area contributed by atoms with Gasteiger partial charge in [0.15, 0.2) is 0 Å². The standard InChI is InChI=1S/C12H16Cl2N2.C11H21NO2/c1-2-15-6-8-16(9-7-15)11-5-3-4-10(13)12(11)14;1-14-9-5-8-11(13)12-10-6-3-2-4-7-10/h3-5H,2,6-9H2,1H3;10H,2-9H2,1H3,(H,12,13). The number of halogens is 2. The summed E-state index contributed by atoms with van der Waals surface area (Å²) in [4.78, 5) is 16.2. The number of carbonyl (C=O) groups excluding carboxylic acids is 1. The molecule has 5 nitrogen and oxygen atoms in total. The molecule has 1 aliphatic carbocycles. The molecule has 0 bridgehead atoms.